The molecule has 0 aromatic heterocycles. The monoisotopic (exact) mass is 225 g/mol. The first kappa shape index (κ1) is 11.5. The van der Waals surface area contributed by atoms with Crippen molar-refractivity contribution in [1.82, 2.24) is 0 Å². The topological polar surface area (TPSA) is 67.2 Å². The van der Waals surface area contributed by atoms with Crippen LogP contribution in [0.15, 0.2) is 18.2 Å². The van der Waals surface area contributed by atoms with Crippen LogP contribution >= 0.6 is 0 Å². The molecule has 5 heteroatoms. The fourth-order valence-electron chi connectivity index (χ4n) is 1.24. The molecule has 1 aromatic rings. The largest absolute Gasteiger partial charge is 0.496 e. The average Bonchev–Trinajstić information content (AvgIpc) is 2.15. The van der Waals surface area contributed by atoms with E-state index < -0.39 is 9.84 Å². The second-order valence-electron chi connectivity index (χ2n) is 3.21. The molecule has 0 aliphatic carbocycles. The Balaban J connectivity index is 3.19. The van der Waals surface area contributed by atoms with Crippen LogP contribution in [0.1, 0.15) is 11.1 Å². The van der Waals surface area contributed by atoms with Crippen molar-refractivity contribution in [2.45, 2.75) is 5.75 Å². The summed E-state index contributed by atoms with van der Waals surface area (Å²) < 4.78 is 27.3. The van der Waals surface area contributed by atoms with E-state index in [1.807, 2.05) is 6.07 Å². The molecular weight excluding hydrogens is 214 g/mol. The molecule has 0 saturated heterocycles. The van der Waals surface area contributed by atoms with E-state index in [0.717, 1.165) is 6.26 Å². The highest BCUT2D eigenvalue weighted by molar-refractivity contribution is 7.89. The summed E-state index contributed by atoms with van der Waals surface area (Å²) in [7, 11) is -1.66. The molecule has 0 bridgehead atoms. The Morgan fingerprint density at radius 2 is 2.13 bits per heavy atom. The van der Waals surface area contributed by atoms with Gasteiger partial charge in [-0.3, -0.25) is 0 Å². The molecule has 4 nitrogen and oxygen atoms in total. The first-order chi connectivity index (χ1) is 6.96. The van der Waals surface area contributed by atoms with E-state index in [1.165, 1.54) is 13.2 Å². The zero-order chi connectivity index (χ0) is 11.5. The van der Waals surface area contributed by atoms with Crippen LogP contribution in [-0.2, 0) is 15.6 Å². The van der Waals surface area contributed by atoms with Crippen molar-refractivity contribution in [2.75, 3.05) is 13.4 Å². The Labute approximate surface area is 89.0 Å². The van der Waals surface area contributed by atoms with Crippen LogP contribution in [0.2, 0.25) is 0 Å². The lowest BCUT2D eigenvalue weighted by Crippen LogP contribution is -2.03. The minimum atomic E-state index is -3.12. The summed E-state index contributed by atoms with van der Waals surface area (Å²) in [5, 5.41) is 8.68. The number of ether oxygens (including phenoxy) is 1. The van der Waals surface area contributed by atoms with Crippen molar-refractivity contribution in [2.24, 2.45) is 0 Å². The summed E-state index contributed by atoms with van der Waals surface area (Å²) in [5.41, 5.74) is 0.938. The Bertz CT molecular complexity index is 500. The lowest BCUT2D eigenvalue weighted by atomic mass is 10.1. The molecule has 1 aromatic carbocycles. The quantitative estimate of drug-likeness (QED) is 0.772. The molecule has 0 radical (unpaired) electrons. The molecule has 0 fully saturated rings. The lowest BCUT2D eigenvalue weighted by Gasteiger charge is -2.07. The van der Waals surface area contributed by atoms with E-state index >= 15 is 0 Å². The number of sulfone groups is 1. The van der Waals surface area contributed by atoms with Crippen LogP contribution in [0.5, 0.6) is 5.75 Å². The number of nitrogens with zero attached hydrogens (tertiary/aromatic N) is 1. The van der Waals surface area contributed by atoms with Crippen LogP contribution in [0.4, 0.5) is 0 Å². The predicted octanol–water partition coefficient (Wildman–Crippen LogP) is 1.11. The normalized spacial score (nSPS) is 10.7. The van der Waals surface area contributed by atoms with Crippen molar-refractivity contribution in [3.8, 4) is 11.8 Å². The molecule has 0 N–H and O–H groups in total. The Kier molecular flexibility index (Phi) is 3.32. The Morgan fingerprint density at radius 3 is 2.60 bits per heavy atom. The van der Waals surface area contributed by atoms with Crippen molar-refractivity contribution < 1.29 is 13.2 Å². The van der Waals surface area contributed by atoms with Crippen LogP contribution < -0.4 is 4.74 Å². The third-order valence-electron chi connectivity index (χ3n) is 1.83. The predicted molar refractivity (Wildman–Crippen MR) is 56.3 cm³/mol. The molecule has 1 rings (SSSR count). The molecule has 0 aliphatic rings. The summed E-state index contributed by atoms with van der Waals surface area (Å²) in [5.74, 6) is 0.366. The van der Waals surface area contributed by atoms with Gasteiger partial charge in [0.05, 0.1) is 24.5 Å². The average molecular weight is 225 g/mol. The molecule has 80 valence electrons. The molecular formula is C10H11NO3S. The first-order valence-electron chi connectivity index (χ1n) is 4.21. The Morgan fingerprint density at radius 1 is 1.47 bits per heavy atom. The highest BCUT2D eigenvalue weighted by Gasteiger charge is 2.10. The number of hydrogen-bond donors (Lipinski definition) is 0. The summed E-state index contributed by atoms with van der Waals surface area (Å²) in [6.07, 6.45) is 1.14. The second-order valence-corrected chi connectivity index (χ2v) is 5.35. The minimum Gasteiger partial charge on any atom is -0.496 e. The summed E-state index contributed by atoms with van der Waals surface area (Å²) >= 11 is 0. The van der Waals surface area contributed by atoms with E-state index in [-0.39, 0.29) is 5.75 Å². The van der Waals surface area contributed by atoms with Gasteiger partial charge in [-0.2, -0.15) is 5.26 Å². The molecule has 0 spiro atoms. The van der Waals surface area contributed by atoms with Gasteiger partial charge in [-0.15, -0.1) is 0 Å². The van der Waals surface area contributed by atoms with Gasteiger partial charge in [0.1, 0.15) is 5.75 Å². The van der Waals surface area contributed by atoms with Crippen molar-refractivity contribution in [3.63, 3.8) is 0 Å². The van der Waals surface area contributed by atoms with E-state index in [0.29, 0.717) is 16.9 Å². The van der Waals surface area contributed by atoms with Gasteiger partial charge in [-0.25, -0.2) is 8.42 Å². The first-order valence-corrected chi connectivity index (χ1v) is 6.27. The zero-order valence-corrected chi connectivity index (χ0v) is 9.34. The van der Waals surface area contributed by atoms with Crippen LogP contribution in [-0.4, -0.2) is 21.8 Å². The molecule has 0 aliphatic heterocycles. The van der Waals surface area contributed by atoms with Crippen molar-refractivity contribution in [1.29, 1.82) is 5.26 Å². The molecule has 15 heavy (non-hydrogen) atoms. The number of methoxy groups -OCH3 is 1. The SMILES string of the molecule is COc1ccc(C#N)cc1CS(C)(=O)=O. The van der Waals surface area contributed by atoms with E-state index in [1.54, 1.807) is 12.1 Å². The van der Waals surface area contributed by atoms with Gasteiger partial charge in [0, 0.05) is 11.8 Å². The number of nitriles is 1. The van der Waals surface area contributed by atoms with E-state index in [4.69, 9.17) is 10.00 Å². The van der Waals surface area contributed by atoms with Gasteiger partial charge >= 0.3 is 0 Å². The van der Waals surface area contributed by atoms with Crippen molar-refractivity contribution in [3.05, 3.63) is 29.3 Å². The number of benzene rings is 1. The number of rotatable bonds is 3. The molecule has 0 unspecified atom stereocenters. The van der Waals surface area contributed by atoms with Gasteiger partial charge in [0.15, 0.2) is 9.84 Å². The maximum atomic E-state index is 11.1. The van der Waals surface area contributed by atoms with Crippen molar-refractivity contribution >= 4 is 9.84 Å². The van der Waals surface area contributed by atoms with Gasteiger partial charge in [-0.1, -0.05) is 0 Å². The second kappa shape index (κ2) is 4.32. The maximum absolute atomic E-state index is 11.1. The molecule has 0 atom stereocenters. The fraction of sp³-hybridized carbons (Fsp3) is 0.300. The minimum absolute atomic E-state index is 0.119. The maximum Gasteiger partial charge on any atom is 0.151 e. The van der Waals surface area contributed by atoms with Gasteiger partial charge in [0.25, 0.3) is 0 Å². The van der Waals surface area contributed by atoms with Crippen LogP contribution in [0.3, 0.4) is 0 Å². The summed E-state index contributed by atoms with van der Waals surface area (Å²) in [6, 6.07) is 6.67. The Hall–Kier alpha value is -1.54. The smallest absolute Gasteiger partial charge is 0.151 e. The van der Waals surface area contributed by atoms with Gasteiger partial charge in [0.2, 0.25) is 0 Å². The summed E-state index contributed by atoms with van der Waals surface area (Å²) in [4.78, 5) is 0. The summed E-state index contributed by atoms with van der Waals surface area (Å²) in [6.45, 7) is 0. The number of hydrogen-bond acceptors (Lipinski definition) is 4. The van der Waals surface area contributed by atoms with E-state index in [2.05, 4.69) is 0 Å². The van der Waals surface area contributed by atoms with Gasteiger partial charge < -0.3 is 4.74 Å². The zero-order valence-electron chi connectivity index (χ0n) is 8.52. The highest BCUT2D eigenvalue weighted by atomic mass is 32.2. The molecule has 0 saturated carbocycles. The molecule has 0 amide bonds. The highest BCUT2D eigenvalue weighted by Crippen LogP contribution is 2.21. The third-order valence-corrected chi connectivity index (χ3v) is 2.66. The van der Waals surface area contributed by atoms with Gasteiger partial charge in [-0.05, 0) is 18.2 Å². The third kappa shape index (κ3) is 3.26. The molecule has 0 heterocycles. The van der Waals surface area contributed by atoms with E-state index in [9.17, 15) is 8.42 Å². The lowest BCUT2D eigenvalue weighted by molar-refractivity contribution is 0.411. The van der Waals surface area contributed by atoms with Crippen LogP contribution in [0, 0.1) is 11.3 Å². The standard InChI is InChI=1S/C10H11NO3S/c1-14-10-4-3-8(6-11)5-9(10)7-15(2,12)13/h3-5H,7H2,1-2H3. The van der Waals surface area contributed by atoms with Crippen LogP contribution in [0.25, 0.3) is 0 Å². The fourth-order valence-corrected chi connectivity index (χ4v) is 2.03.